The van der Waals surface area contributed by atoms with Crippen molar-refractivity contribution in [3.05, 3.63) is 0 Å². The molecule has 0 radical (unpaired) electrons. The summed E-state index contributed by atoms with van der Waals surface area (Å²) in [6, 6.07) is 0. The number of rotatable bonds is 5. The van der Waals surface area contributed by atoms with Crippen LogP contribution in [0.3, 0.4) is 0 Å². The van der Waals surface area contributed by atoms with Gasteiger partial charge in [0.25, 0.3) is 0 Å². The molecule has 0 unspecified atom stereocenters. The van der Waals surface area contributed by atoms with Crippen molar-refractivity contribution in [2.45, 2.75) is 30.4 Å². The molecule has 1 aliphatic rings. The smallest absolute Gasteiger partial charge is 0.381 e. The Morgan fingerprint density at radius 1 is 0.810 bits per heavy atom. The SMILES string of the molecule is FC(F)(F)C(F)(F)C(F)(F)C(F)(F)C[C@@H]1COC[C@@H]1CI. The molecule has 1 saturated heterocycles. The molecule has 1 fully saturated rings. The summed E-state index contributed by atoms with van der Waals surface area (Å²) in [6.45, 7) is -0.401. The predicted octanol–water partition coefficient (Wildman–Crippen LogP) is 4.54. The van der Waals surface area contributed by atoms with Crippen LogP contribution in [0.1, 0.15) is 6.42 Å². The summed E-state index contributed by atoms with van der Waals surface area (Å²) >= 11 is 1.77. The van der Waals surface area contributed by atoms with Crippen LogP contribution >= 0.6 is 22.6 Å². The molecule has 0 aromatic heterocycles. The van der Waals surface area contributed by atoms with E-state index in [2.05, 4.69) is 0 Å². The van der Waals surface area contributed by atoms with E-state index in [1.807, 2.05) is 0 Å². The van der Waals surface area contributed by atoms with Gasteiger partial charge in [-0.1, -0.05) is 22.6 Å². The molecule has 0 aromatic carbocycles. The summed E-state index contributed by atoms with van der Waals surface area (Å²) in [5.74, 6) is -20.6. The van der Waals surface area contributed by atoms with E-state index in [4.69, 9.17) is 4.74 Å². The maximum absolute atomic E-state index is 13.4. The Bertz CT molecular complexity index is 368. The highest BCUT2D eigenvalue weighted by atomic mass is 127. The van der Waals surface area contributed by atoms with Crippen LogP contribution in [-0.4, -0.2) is 41.6 Å². The van der Waals surface area contributed by atoms with Crippen LogP contribution in [0, 0.1) is 11.8 Å². The first-order valence-electron chi connectivity index (χ1n) is 5.62. The molecular formula is C10H10F9IO. The van der Waals surface area contributed by atoms with Crippen LogP contribution < -0.4 is 0 Å². The minimum atomic E-state index is -6.82. The first-order chi connectivity index (χ1) is 9.28. The van der Waals surface area contributed by atoms with Crippen molar-refractivity contribution in [2.24, 2.45) is 11.8 Å². The van der Waals surface area contributed by atoms with Gasteiger partial charge < -0.3 is 4.74 Å². The van der Waals surface area contributed by atoms with Crippen LogP contribution in [0.25, 0.3) is 0 Å². The third kappa shape index (κ3) is 3.37. The van der Waals surface area contributed by atoms with Crippen molar-refractivity contribution in [3.63, 3.8) is 0 Å². The molecule has 0 saturated carbocycles. The van der Waals surface area contributed by atoms with Gasteiger partial charge in [-0.25, -0.2) is 0 Å². The molecule has 1 aliphatic heterocycles. The Labute approximate surface area is 127 Å². The Morgan fingerprint density at radius 2 is 1.29 bits per heavy atom. The lowest BCUT2D eigenvalue weighted by atomic mass is 9.88. The fourth-order valence-electron chi connectivity index (χ4n) is 1.90. The molecular weight excluding hydrogens is 434 g/mol. The fraction of sp³-hybridized carbons (Fsp3) is 1.00. The molecule has 126 valence electrons. The summed E-state index contributed by atoms with van der Waals surface area (Å²) in [6.07, 6.45) is -8.56. The van der Waals surface area contributed by atoms with Gasteiger partial charge >= 0.3 is 23.9 Å². The number of hydrogen-bond donors (Lipinski definition) is 0. The standard InChI is InChI=1S/C10H10F9IO/c11-7(12,1-5-3-21-4-6(5)2-20)8(13,14)9(15,16)10(17,18)19/h5-6H,1-4H2/t5-,6+/m1/s1. The summed E-state index contributed by atoms with van der Waals surface area (Å²) in [5, 5.41) is 0. The van der Waals surface area contributed by atoms with Crippen LogP contribution in [0.2, 0.25) is 0 Å². The van der Waals surface area contributed by atoms with E-state index in [1.54, 1.807) is 22.6 Å². The molecule has 0 amide bonds. The van der Waals surface area contributed by atoms with Crippen molar-refractivity contribution in [3.8, 4) is 0 Å². The zero-order chi connectivity index (χ0) is 16.7. The minimum Gasteiger partial charge on any atom is -0.381 e. The molecule has 21 heavy (non-hydrogen) atoms. The molecule has 0 N–H and O–H groups in total. The monoisotopic (exact) mass is 444 g/mol. The van der Waals surface area contributed by atoms with E-state index in [1.165, 1.54) is 0 Å². The zero-order valence-corrected chi connectivity index (χ0v) is 12.3. The number of alkyl halides is 10. The molecule has 1 rings (SSSR count). The van der Waals surface area contributed by atoms with Crippen molar-refractivity contribution in [2.75, 3.05) is 17.6 Å². The fourth-order valence-corrected chi connectivity index (χ4v) is 2.88. The third-order valence-electron chi connectivity index (χ3n) is 3.26. The topological polar surface area (TPSA) is 9.23 Å². The Balaban J connectivity index is 2.99. The van der Waals surface area contributed by atoms with E-state index in [-0.39, 0.29) is 17.6 Å². The average Bonchev–Trinajstić information content (AvgIpc) is 2.73. The van der Waals surface area contributed by atoms with Crippen molar-refractivity contribution in [1.82, 2.24) is 0 Å². The predicted molar refractivity (Wildman–Crippen MR) is 62.2 cm³/mol. The molecule has 2 atom stereocenters. The molecule has 11 heteroatoms. The first kappa shape index (κ1) is 19.1. The lowest BCUT2D eigenvalue weighted by Gasteiger charge is -2.35. The van der Waals surface area contributed by atoms with Crippen LogP contribution in [0.5, 0.6) is 0 Å². The second-order valence-corrected chi connectivity index (χ2v) is 5.65. The van der Waals surface area contributed by atoms with Gasteiger partial charge in [-0.3, -0.25) is 0 Å². The Hall–Kier alpha value is 0.0600. The maximum atomic E-state index is 13.4. The minimum absolute atomic E-state index is 0.0229. The highest BCUT2D eigenvalue weighted by Gasteiger charge is 2.81. The van der Waals surface area contributed by atoms with Gasteiger partial charge in [-0.05, 0) is 11.8 Å². The average molecular weight is 444 g/mol. The summed E-state index contributed by atoms with van der Waals surface area (Å²) in [7, 11) is 0. The quantitative estimate of drug-likeness (QED) is 0.344. The number of hydrogen-bond acceptors (Lipinski definition) is 1. The molecule has 0 aromatic rings. The molecule has 0 aliphatic carbocycles. The first-order valence-corrected chi connectivity index (χ1v) is 7.14. The van der Waals surface area contributed by atoms with E-state index in [0.29, 0.717) is 0 Å². The van der Waals surface area contributed by atoms with Crippen molar-refractivity contribution < 1.29 is 44.3 Å². The van der Waals surface area contributed by atoms with Gasteiger partial charge in [0.1, 0.15) is 0 Å². The van der Waals surface area contributed by atoms with Crippen LogP contribution in [0.4, 0.5) is 39.5 Å². The van der Waals surface area contributed by atoms with E-state index >= 15 is 0 Å². The van der Waals surface area contributed by atoms with E-state index in [0.717, 1.165) is 0 Å². The van der Waals surface area contributed by atoms with Gasteiger partial charge in [0.2, 0.25) is 0 Å². The molecule has 1 nitrogen and oxygen atoms in total. The number of halogens is 10. The van der Waals surface area contributed by atoms with Gasteiger partial charge in [0, 0.05) is 17.5 Å². The van der Waals surface area contributed by atoms with Gasteiger partial charge in [-0.2, -0.15) is 39.5 Å². The van der Waals surface area contributed by atoms with Gasteiger partial charge in [-0.15, -0.1) is 0 Å². The number of ether oxygens (including phenoxy) is 1. The van der Waals surface area contributed by atoms with Crippen molar-refractivity contribution in [1.29, 1.82) is 0 Å². The molecule has 0 spiro atoms. The van der Waals surface area contributed by atoms with Crippen LogP contribution in [0.15, 0.2) is 0 Å². The third-order valence-corrected chi connectivity index (χ3v) is 4.39. The summed E-state index contributed by atoms with van der Waals surface area (Å²) < 4.78 is 119. The van der Waals surface area contributed by atoms with E-state index in [9.17, 15) is 39.5 Å². The highest BCUT2D eigenvalue weighted by Crippen LogP contribution is 2.55. The maximum Gasteiger partial charge on any atom is 0.460 e. The van der Waals surface area contributed by atoms with Gasteiger partial charge in [0.05, 0.1) is 6.61 Å². The Morgan fingerprint density at radius 3 is 1.71 bits per heavy atom. The van der Waals surface area contributed by atoms with E-state index < -0.39 is 42.2 Å². The zero-order valence-electron chi connectivity index (χ0n) is 10.2. The summed E-state index contributed by atoms with van der Waals surface area (Å²) in [5.41, 5.74) is 0. The summed E-state index contributed by atoms with van der Waals surface area (Å²) in [4.78, 5) is 0. The lowest BCUT2D eigenvalue weighted by Crippen LogP contribution is -2.61. The second-order valence-electron chi connectivity index (χ2n) is 4.77. The van der Waals surface area contributed by atoms with Crippen LogP contribution in [-0.2, 0) is 4.74 Å². The largest absolute Gasteiger partial charge is 0.460 e. The Kier molecular flexibility index (Phi) is 5.39. The van der Waals surface area contributed by atoms with Gasteiger partial charge in [0.15, 0.2) is 0 Å². The lowest BCUT2D eigenvalue weighted by molar-refractivity contribution is -0.397. The second kappa shape index (κ2) is 5.93. The molecule has 1 heterocycles. The normalized spacial score (nSPS) is 25.4. The highest BCUT2D eigenvalue weighted by molar-refractivity contribution is 14.1. The van der Waals surface area contributed by atoms with Crippen molar-refractivity contribution >= 4 is 22.6 Å². The molecule has 0 bridgehead atoms.